The number of benzene rings is 2. The number of hydrogen-bond acceptors (Lipinski definition) is 5. The number of primary sulfonamides is 1. The third-order valence-electron chi connectivity index (χ3n) is 3.18. The maximum Gasteiger partial charge on any atom is 0.339 e. The molecule has 0 saturated carbocycles. The average molecular weight is 341 g/mol. The van der Waals surface area contributed by atoms with Crippen molar-refractivity contribution in [3.8, 4) is 5.75 Å². The molecular formula is C14H15NO5S2. The molecule has 0 aliphatic rings. The molecule has 0 aromatic heterocycles. The summed E-state index contributed by atoms with van der Waals surface area (Å²) in [4.78, 5) is -0.571. The topological polar surface area (TPSA) is 104 Å². The zero-order valence-corrected chi connectivity index (χ0v) is 13.6. The number of rotatable bonds is 4. The van der Waals surface area contributed by atoms with E-state index in [2.05, 4.69) is 0 Å². The van der Waals surface area contributed by atoms with Gasteiger partial charge in [-0.25, -0.2) is 13.6 Å². The molecule has 8 heteroatoms. The zero-order valence-electron chi connectivity index (χ0n) is 12.0. The number of sulfonamides is 1. The van der Waals surface area contributed by atoms with E-state index in [4.69, 9.17) is 9.32 Å². The van der Waals surface area contributed by atoms with E-state index >= 15 is 0 Å². The van der Waals surface area contributed by atoms with E-state index in [9.17, 15) is 16.8 Å². The van der Waals surface area contributed by atoms with Crippen LogP contribution < -0.4 is 9.32 Å². The van der Waals surface area contributed by atoms with Gasteiger partial charge in [0.25, 0.3) is 0 Å². The van der Waals surface area contributed by atoms with Gasteiger partial charge in [0.15, 0.2) is 0 Å². The second kappa shape index (κ2) is 5.71. The Morgan fingerprint density at radius 2 is 1.50 bits per heavy atom. The first-order valence-corrected chi connectivity index (χ1v) is 9.20. The van der Waals surface area contributed by atoms with E-state index in [-0.39, 0.29) is 15.5 Å². The van der Waals surface area contributed by atoms with Crippen molar-refractivity contribution in [2.75, 3.05) is 0 Å². The van der Waals surface area contributed by atoms with Gasteiger partial charge in [0, 0.05) is 0 Å². The van der Waals surface area contributed by atoms with Crippen LogP contribution >= 0.6 is 0 Å². The van der Waals surface area contributed by atoms with Crippen molar-refractivity contribution in [1.82, 2.24) is 0 Å². The number of nitrogens with two attached hydrogens (primary N) is 1. The van der Waals surface area contributed by atoms with Crippen LogP contribution in [0.15, 0.2) is 52.3 Å². The zero-order chi connectivity index (χ0) is 16.5. The van der Waals surface area contributed by atoms with Crippen molar-refractivity contribution in [3.05, 3.63) is 53.6 Å². The summed E-state index contributed by atoms with van der Waals surface area (Å²) in [5, 5.41) is 5.00. The summed E-state index contributed by atoms with van der Waals surface area (Å²) in [5.41, 5.74) is 1.57. The molecule has 0 aliphatic heterocycles. The van der Waals surface area contributed by atoms with Gasteiger partial charge in [-0.15, -0.1) is 0 Å². The maximum atomic E-state index is 12.3. The summed E-state index contributed by atoms with van der Waals surface area (Å²) in [7, 11) is -8.15. The maximum absolute atomic E-state index is 12.3. The lowest BCUT2D eigenvalue weighted by Crippen LogP contribution is -2.15. The van der Waals surface area contributed by atoms with Crippen molar-refractivity contribution in [3.63, 3.8) is 0 Å². The predicted molar refractivity (Wildman–Crippen MR) is 81.5 cm³/mol. The normalized spacial score (nSPS) is 12.1. The first-order chi connectivity index (χ1) is 10.1. The highest BCUT2D eigenvalue weighted by molar-refractivity contribution is 7.89. The molecule has 0 bridgehead atoms. The second-order valence-electron chi connectivity index (χ2n) is 4.76. The van der Waals surface area contributed by atoms with Crippen molar-refractivity contribution in [1.29, 1.82) is 0 Å². The van der Waals surface area contributed by atoms with Gasteiger partial charge in [-0.2, -0.15) is 8.42 Å². The fourth-order valence-corrected chi connectivity index (χ4v) is 3.45. The van der Waals surface area contributed by atoms with Gasteiger partial charge in [0.05, 0.1) is 4.90 Å². The molecule has 0 heterocycles. The van der Waals surface area contributed by atoms with E-state index in [1.54, 1.807) is 13.0 Å². The minimum absolute atomic E-state index is 0.195. The van der Waals surface area contributed by atoms with Crippen molar-refractivity contribution in [2.45, 2.75) is 23.6 Å². The Labute approximate surface area is 129 Å². The van der Waals surface area contributed by atoms with E-state index < -0.39 is 20.1 Å². The number of hydrogen-bond donors (Lipinski definition) is 1. The van der Waals surface area contributed by atoms with Gasteiger partial charge < -0.3 is 4.18 Å². The molecule has 0 spiro atoms. The lowest BCUT2D eigenvalue weighted by atomic mass is 10.1. The highest BCUT2D eigenvalue weighted by Gasteiger charge is 2.20. The molecule has 0 amide bonds. The lowest BCUT2D eigenvalue weighted by Gasteiger charge is -2.11. The minimum atomic E-state index is -4.16. The molecule has 0 fully saturated rings. The van der Waals surface area contributed by atoms with E-state index in [1.807, 2.05) is 13.0 Å². The Morgan fingerprint density at radius 1 is 0.909 bits per heavy atom. The molecule has 2 rings (SSSR count). The molecule has 118 valence electrons. The van der Waals surface area contributed by atoms with E-state index in [0.717, 1.165) is 11.6 Å². The summed E-state index contributed by atoms with van der Waals surface area (Å²) in [6.45, 7) is 3.57. The summed E-state index contributed by atoms with van der Waals surface area (Å²) in [6.07, 6.45) is 0. The van der Waals surface area contributed by atoms with Crippen LogP contribution in [0.5, 0.6) is 5.75 Å². The largest absolute Gasteiger partial charge is 0.379 e. The van der Waals surface area contributed by atoms with Crippen molar-refractivity contribution < 1.29 is 21.0 Å². The van der Waals surface area contributed by atoms with Crippen LogP contribution in [0.25, 0.3) is 0 Å². The summed E-state index contributed by atoms with van der Waals surface area (Å²) < 4.78 is 52.3. The van der Waals surface area contributed by atoms with Crippen LogP contribution in [-0.2, 0) is 20.1 Å². The molecule has 2 aromatic rings. The van der Waals surface area contributed by atoms with Gasteiger partial charge >= 0.3 is 10.1 Å². The highest BCUT2D eigenvalue weighted by atomic mass is 32.2. The molecule has 6 nitrogen and oxygen atoms in total. The molecule has 0 aliphatic carbocycles. The van der Waals surface area contributed by atoms with Crippen LogP contribution in [0.3, 0.4) is 0 Å². The molecular weight excluding hydrogens is 326 g/mol. The van der Waals surface area contributed by atoms with Gasteiger partial charge in [-0.1, -0.05) is 18.2 Å². The van der Waals surface area contributed by atoms with Crippen LogP contribution in [0.1, 0.15) is 11.1 Å². The third kappa shape index (κ3) is 3.46. The quantitative estimate of drug-likeness (QED) is 0.853. The molecule has 2 N–H and O–H groups in total. The van der Waals surface area contributed by atoms with Crippen LogP contribution in [-0.4, -0.2) is 16.8 Å². The Balaban J connectivity index is 2.46. The van der Waals surface area contributed by atoms with Crippen LogP contribution in [0.4, 0.5) is 0 Å². The summed E-state index contributed by atoms with van der Waals surface area (Å²) in [6, 6.07) is 9.75. The van der Waals surface area contributed by atoms with E-state index in [0.29, 0.717) is 5.56 Å². The van der Waals surface area contributed by atoms with Crippen molar-refractivity contribution in [2.24, 2.45) is 5.14 Å². The summed E-state index contributed by atoms with van der Waals surface area (Å²) in [5.74, 6) is 0.195. The Hall–Kier alpha value is -1.90. The Morgan fingerprint density at radius 3 is 2.14 bits per heavy atom. The molecule has 0 atom stereocenters. The lowest BCUT2D eigenvalue weighted by molar-refractivity contribution is 0.483. The molecule has 22 heavy (non-hydrogen) atoms. The van der Waals surface area contributed by atoms with E-state index in [1.165, 1.54) is 24.3 Å². The van der Waals surface area contributed by atoms with Gasteiger partial charge in [-0.3, -0.25) is 0 Å². The predicted octanol–water partition coefficient (Wildman–Crippen LogP) is 1.72. The molecule has 0 unspecified atom stereocenters. The molecule has 0 saturated heterocycles. The number of aryl methyl sites for hydroxylation is 1. The van der Waals surface area contributed by atoms with Gasteiger partial charge in [0.1, 0.15) is 10.6 Å². The Bertz CT molecular complexity index is 918. The first-order valence-electron chi connectivity index (χ1n) is 6.25. The fourth-order valence-electron chi connectivity index (χ4n) is 1.79. The SMILES string of the molecule is Cc1cccc(OS(=O)(=O)c2cccc(S(N)(=O)=O)c2)c1C. The minimum Gasteiger partial charge on any atom is -0.379 e. The molecule has 2 aromatic carbocycles. The summed E-state index contributed by atoms with van der Waals surface area (Å²) >= 11 is 0. The molecule has 0 radical (unpaired) electrons. The third-order valence-corrected chi connectivity index (χ3v) is 5.32. The van der Waals surface area contributed by atoms with Crippen LogP contribution in [0.2, 0.25) is 0 Å². The highest BCUT2D eigenvalue weighted by Crippen LogP contribution is 2.25. The Kier molecular flexibility index (Phi) is 4.28. The second-order valence-corrected chi connectivity index (χ2v) is 7.86. The first kappa shape index (κ1) is 16.5. The fraction of sp³-hybridized carbons (Fsp3) is 0.143. The monoisotopic (exact) mass is 341 g/mol. The van der Waals surface area contributed by atoms with Gasteiger partial charge in [-0.05, 0) is 49.2 Å². The smallest absolute Gasteiger partial charge is 0.339 e. The average Bonchev–Trinajstić information content (AvgIpc) is 2.43. The standard InChI is InChI=1S/C14H15NO5S2/c1-10-5-3-8-14(11(10)2)20-22(18,19)13-7-4-6-12(9-13)21(15,16)17/h3-9H,1-2H3,(H2,15,16,17). The van der Waals surface area contributed by atoms with Crippen molar-refractivity contribution >= 4 is 20.1 Å². The van der Waals surface area contributed by atoms with Gasteiger partial charge in [0.2, 0.25) is 10.0 Å². The van der Waals surface area contributed by atoms with Crippen LogP contribution in [0, 0.1) is 13.8 Å².